The third-order valence-electron chi connectivity index (χ3n) is 5.12. The average molecular weight is 419 g/mol. The SMILES string of the molecule is NC1c2ncn([C@@H]3O[C@H](CO)C(O)C3O)c2N=CN1n1cnc2c(=O)[nH]c(=O)[nH]c21. The highest BCUT2D eigenvalue weighted by atomic mass is 16.6. The predicted molar refractivity (Wildman–Crippen MR) is 99.5 cm³/mol. The number of aliphatic hydroxyl groups excluding tert-OH is 3. The molecular weight excluding hydrogens is 402 g/mol. The first-order valence-corrected chi connectivity index (χ1v) is 8.88. The van der Waals surface area contributed by atoms with E-state index in [4.69, 9.17) is 10.5 Å². The van der Waals surface area contributed by atoms with Crippen LogP contribution in [0, 0.1) is 0 Å². The minimum atomic E-state index is -1.31. The van der Waals surface area contributed by atoms with Gasteiger partial charge in [-0.2, -0.15) is 0 Å². The third kappa shape index (κ3) is 2.54. The highest BCUT2D eigenvalue weighted by Crippen LogP contribution is 2.36. The minimum Gasteiger partial charge on any atom is -0.394 e. The second-order valence-electron chi connectivity index (χ2n) is 6.85. The molecule has 3 aromatic rings. The fraction of sp³-hybridized carbons (Fsp3) is 0.400. The Labute approximate surface area is 165 Å². The van der Waals surface area contributed by atoms with E-state index in [2.05, 4.69) is 24.9 Å². The molecule has 5 heterocycles. The molecule has 15 heteroatoms. The van der Waals surface area contributed by atoms with Crippen molar-refractivity contribution in [2.24, 2.45) is 10.7 Å². The van der Waals surface area contributed by atoms with E-state index >= 15 is 0 Å². The molecule has 0 bridgehead atoms. The fourth-order valence-electron chi connectivity index (χ4n) is 3.61. The van der Waals surface area contributed by atoms with E-state index in [9.17, 15) is 24.9 Å². The normalized spacial score (nSPS) is 28.4. The number of aromatic amines is 2. The van der Waals surface area contributed by atoms with Crippen molar-refractivity contribution in [3.8, 4) is 0 Å². The topological polar surface area (TPSA) is 213 Å². The summed E-state index contributed by atoms with van der Waals surface area (Å²) >= 11 is 0. The van der Waals surface area contributed by atoms with Crippen LogP contribution in [0.1, 0.15) is 18.1 Å². The largest absolute Gasteiger partial charge is 0.394 e. The first-order chi connectivity index (χ1) is 14.4. The van der Waals surface area contributed by atoms with Crippen LogP contribution in [0.15, 0.2) is 27.2 Å². The van der Waals surface area contributed by atoms with Crippen LogP contribution in [0.25, 0.3) is 11.2 Å². The summed E-state index contributed by atoms with van der Waals surface area (Å²) in [6.45, 7) is -0.465. The quantitative estimate of drug-likeness (QED) is 0.246. The second kappa shape index (κ2) is 6.57. The standard InChI is InChI=1S/C15H17N9O6/c16-10-6-11(22(2-17-6)14-9(27)8(26)5(1-25)30-14)19-4-23(10)24-3-18-7-12(24)20-15(29)21-13(7)28/h2-5,8-10,14,25-27H,1,16H2,(H2,20,21,28,29)/t5-,8?,9?,10?,14-/m1/s1. The molecule has 1 fully saturated rings. The predicted octanol–water partition coefficient (Wildman–Crippen LogP) is -3.51. The van der Waals surface area contributed by atoms with E-state index in [-0.39, 0.29) is 17.0 Å². The Kier molecular flexibility index (Phi) is 4.09. The van der Waals surface area contributed by atoms with Crippen LogP contribution >= 0.6 is 0 Å². The molecule has 5 rings (SSSR count). The van der Waals surface area contributed by atoms with Crippen molar-refractivity contribution in [3.63, 3.8) is 0 Å². The molecule has 7 N–H and O–H groups in total. The molecule has 158 valence electrons. The summed E-state index contributed by atoms with van der Waals surface area (Å²) in [7, 11) is 0. The number of rotatable bonds is 3. The molecule has 30 heavy (non-hydrogen) atoms. The Balaban J connectivity index is 1.53. The van der Waals surface area contributed by atoms with Crippen molar-refractivity contribution in [2.75, 3.05) is 11.6 Å². The molecule has 3 aromatic heterocycles. The summed E-state index contributed by atoms with van der Waals surface area (Å²) in [6.07, 6.45) is -1.45. The van der Waals surface area contributed by atoms with Crippen LogP contribution < -0.4 is 22.0 Å². The molecule has 0 saturated carbocycles. The van der Waals surface area contributed by atoms with Gasteiger partial charge in [0.05, 0.1) is 12.9 Å². The molecule has 3 unspecified atom stereocenters. The van der Waals surface area contributed by atoms with Crippen LogP contribution in [0.3, 0.4) is 0 Å². The van der Waals surface area contributed by atoms with Crippen LogP contribution in [-0.2, 0) is 4.74 Å². The lowest BCUT2D eigenvalue weighted by Gasteiger charge is -2.30. The van der Waals surface area contributed by atoms with Gasteiger partial charge in [0.15, 0.2) is 23.2 Å². The van der Waals surface area contributed by atoms with Gasteiger partial charge in [0.25, 0.3) is 5.56 Å². The van der Waals surface area contributed by atoms with Crippen LogP contribution in [0.5, 0.6) is 0 Å². The molecule has 2 aliphatic heterocycles. The van der Waals surface area contributed by atoms with Crippen molar-refractivity contribution in [2.45, 2.75) is 30.7 Å². The fourth-order valence-corrected chi connectivity index (χ4v) is 3.61. The Morgan fingerprint density at radius 3 is 2.70 bits per heavy atom. The smallest absolute Gasteiger partial charge is 0.327 e. The molecule has 0 amide bonds. The molecule has 15 nitrogen and oxygen atoms in total. The number of H-pyrrole nitrogens is 2. The maximum absolute atomic E-state index is 11.9. The van der Waals surface area contributed by atoms with Gasteiger partial charge in [-0.1, -0.05) is 0 Å². The Hall–Kier alpha value is -3.37. The van der Waals surface area contributed by atoms with Gasteiger partial charge in [0.1, 0.15) is 42.8 Å². The number of fused-ring (bicyclic) bond motifs is 2. The maximum Gasteiger partial charge on any atom is 0.327 e. The van der Waals surface area contributed by atoms with E-state index < -0.39 is 48.6 Å². The van der Waals surface area contributed by atoms with E-state index in [1.165, 1.54) is 33.2 Å². The summed E-state index contributed by atoms with van der Waals surface area (Å²) in [5.74, 6) is 0.282. The van der Waals surface area contributed by atoms with Crippen molar-refractivity contribution in [3.05, 3.63) is 39.2 Å². The molecule has 5 atom stereocenters. The lowest BCUT2D eigenvalue weighted by atomic mass is 10.1. The summed E-state index contributed by atoms with van der Waals surface area (Å²) in [5, 5.41) is 30.9. The summed E-state index contributed by atoms with van der Waals surface area (Å²) < 4.78 is 8.28. The van der Waals surface area contributed by atoms with Crippen molar-refractivity contribution in [1.29, 1.82) is 0 Å². The van der Waals surface area contributed by atoms with Crippen molar-refractivity contribution in [1.82, 2.24) is 29.2 Å². The number of hydrogen-bond acceptors (Lipinski definition) is 11. The first kappa shape index (κ1) is 18.6. The van der Waals surface area contributed by atoms with Crippen LogP contribution in [0.2, 0.25) is 0 Å². The van der Waals surface area contributed by atoms with Gasteiger partial charge in [0, 0.05) is 0 Å². The first-order valence-electron chi connectivity index (χ1n) is 8.88. The third-order valence-corrected chi connectivity index (χ3v) is 5.12. The number of nitrogens with one attached hydrogen (secondary N) is 2. The summed E-state index contributed by atoms with van der Waals surface area (Å²) in [4.78, 5) is 40.7. The zero-order valence-electron chi connectivity index (χ0n) is 15.2. The molecular formula is C15H17N9O6. The number of nitrogens with zero attached hydrogens (tertiary/aromatic N) is 6. The molecule has 0 aliphatic carbocycles. The monoisotopic (exact) mass is 419 g/mol. The number of ether oxygens (including phenoxy) is 1. The van der Waals surface area contributed by atoms with Gasteiger partial charge in [-0.25, -0.2) is 29.4 Å². The van der Waals surface area contributed by atoms with E-state index in [0.29, 0.717) is 5.69 Å². The van der Waals surface area contributed by atoms with Crippen LogP contribution in [0.4, 0.5) is 5.82 Å². The molecule has 1 saturated heterocycles. The lowest BCUT2D eigenvalue weighted by molar-refractivity contribution is -0.0520. The number of imidazole rings is 2. The van der Waals surface area contributed by atoms with E-state index in [1.54, 1.807) is 0 Å². The second-order valence-corrected chi connectivity index (χ2v) is 6.85. The molecule has 0 radical (unpaired) electrons. The minimum absolute atomic E-state index is 0.0121. The Morgan fingerprint density at radius 2 is 1.97 bits per heavy atom. The number of aliphatic imine (C=N–C) groups is 1. The Bertz CT molecular complexity index is 1260. The van der Waals surface area contributed by atoms with Gasteiger partial charge >= 0.3 is 5.69 Å². The van der Waals surface area contributed by atoms with E-state index in [1.807, 2.05) is 0 Å². The van der Waals surface area contributed by atoms with Crippen molar-refractivity contribution >= 4 is 23.3 Å². The average Bonchev–Trinajstić information content (AvgIpc) is 3.40. The number of aliphatic hydroxyl groups is 3. The molecule has 0 spiro atoms. The van der Waals surface area contributed by atoms with Crippen LogP contribution in [-0.4, -0.2) is 75.8 Å². The summed E-state index contributed by atoms with van der Waals surface area (Å²) in [6, 6.07) is 0. The summed E-state index contributed by atoms with van der Waals surface area (Å²) in [5.41, 5.74) is 5.41. The Morgan fingerprint density at radius 1 is 1.17 bits per heavy atom. The van der Waals surface area contributed by atoms with Gasteiger partial charge < -0.3 is 25.8 Å². The van der Waals surface area contributed by atoms with Gasteiger partial charge in [-0.15, -0.1) is 0 Å². The molecule has 0 aromatic carbocycles. The van der Waals surface area contributed by atoms with Gasteiger partial charge in [-0.3, -0.25) is 19.3 Å². The number of aromatic nitrogens is 6. The number of hydrogen-bond donors (Lipinski definition) is 6. The highest BCUT2D eigenvalue weighted by molar-refractivity contribution is 5.79. The van der Waals surface area contributed by atoms with Gasteiger partial charge in [-0.05, 0) is 0 Å². The zero-order chi connectivity index (χ0) is 21.2. The van der Waals surface area contributed by atoms with Crippen molar-refractivity contribution < 1.29 is 20.1 Å². The van der Waals surface area contributed by atoms with E-state index in [0.717, 1.165) is 0 Å². The molecule has 2 aliphatic rings. The van der Waals surface area contributed by atoms with Gasteiger partial charge in [0.2, 0.25) is 0 Å². The zero-order valence-corrected chi connectivity index (χ0v) is 15.2. The number of nitrogens with two attached hydrogens (primary N) is 1. The highest BCUT2D eigenvalue weighted by Gasteiger charge is 2.45. The lowest BCUT2D eigenvalue weighted by Crippen LogP contribution is -2.43. The maximum atomic E-state index is 11.9.